The average Bonchev–Trinajstić information content (AvgIpc) is 2.72. The van der Waals surface area contributed by atoms with Crippen LogP contribution in [0.2, 0.25) is 0 Å². The van der Waals surface area contributed by atoms with Gasteiger partial charge in [-0.2, -0.15) is 11.3 Å². The maximum atomic E-state index is 9.90. The Morgan fingerprint density at radius 1 is 1.62 bits per heavy atom. The van der Waals surface area contributed by atoms with Crippen molar-refractivity contribution in [2.45, 2.75) is 6.10 Å². The zero-order valence-electron chi connectivity index (χ0n) is 7.21. The van der Waals surface area contributed by atoms with Crippen LogP contribution in [0, 0.1) is 0 Å². The lowest BCUT2D eigenvalue weighted by atomic mass is 10.1. The van der Waals surface area contributed by atoms with Crippen LogP contribution >= 0.6 is 11.3 Å². The molecule has 1 N–H and O–H groups in total. The molecule has 0 aromatic carbocycles. The highest BCUT2D eigenvalue weighted by molar-refractivity contribution is 7.07. The third-order valence-corrected chi connectivity index (χ3v) is 2.69. The predicted molar refractivity (Wildman–Crippen MR) is 51.6 cm³/mol. The fourth-order valence-corrected chi connectivity index (χ4v) is 1.91. The average molecular weight is 194 g/mol. The quantitative estimate of drug-likeness (QED) is 0.788. The highest BCUT2D eigenvalue weighted by Crippen LogP contribution is 2.22. The highest BCUT2D eigenvalue weighted by Gasteiger charge is 2.13. The SMILES string of the molecule is Cn1cncc1C(O)c1ccsc1. The first kappa shape index (κ1) is 8.47. The molecule has 0 amide bonds. The zero-order chi connectivity index (χ0) is 9.26. The lowest BCUT2D eigenvalue weighted by molar-refractivity contribution is 0.212. The van der Waals surface area contributed by atoms with Gasteiger partial charge < -0.3 is 9.67 Å². The van der Waals surface area contributed by atoms with Crippen molar-refractivity contribution in [1.29, 1.82) is 0 Å². The first-order valence-corrected chi connectivity index (χ1v) is 4.89. The fourth-order valence-electron chi connectivity index (χ4n) is 1.23. The minimum Gasteiger partial charge on any atom is -0.382 e. The Morgan fingerprint density at radius 2 is 2.46 bits per heavy atom. The highest BCUT2D eigenvalue weighted by atomic mass is 32.1. The van der Waals surface area contributed by atoms with Gasteiger partial charge >= 0.3 is 0 Å². The largest absolute Gasteiger partial charge is 0.382 e. The van der Waals surface area contributed by atoms with E-state index in [1.54, 1.807) is 23.9 Å². The first-order chi connectivity index (χ1) is 6.29. The van der Waals surface area contributed by atoms with Gasteiger partial charge in [-0.25, -0.2) is 4.98 Å². The van der Waals surface area contributed by atoms with Crippen molar-refractivity contribution >= 4 is 11.3 Å². The Morgan fingerprint density at radius 3 is 3.00 bits per heavy atom. The van der Waals surface area contributed by atoms with Crippen molar-refractivity contribution < 1.29 is 5.11 Å². The van der Waals surface area contributed by atoms with E-state index in [1.807, 2.05) is 28.4 Å². The molecule has 0 fully saturated rings. The zero-order valence-corrected chi connectivity index (χ0v) is 8.03. The summed E-state index contributed by atoms with van der Waals surface area (Å²) in [5.74, 6) is 0. The second-order valence-corrected chi connectivity index (χ2v) is 3.67. The van der Waals surface area contributed by atoms with Crippen LogP contribution in [0.5, 0.6) is 0 Å². The molecule has 2 aromatic heterocycles. The molecule has 0 spiro atoms. The number of aliphatic hydroxyl groups excluding tert-OH is 1. The molecular formula is C9H10N2OS. The number of rotatable bonds is 2. The van der Waals surface area contributed by atoms with Crippen molar-refractivity contribution in [2.24, 2.45) is 7.05 Å². The molecular weight excluding hydrogens is 184 g/mol. The van der Waals surface area contributed by atoms with Gasteiger partial charge in [0.2, 0.25) is 0 Å². The van der Waals surface area contributed by atoms with Gasteiger partial charge in [-0.3, -0.25) is 0 Å². The predicted octanol–water partition coefficient (Wildman–Crippen LogP) is 1.56. The number of hydrogen-bond donors (Lipinski definition) is 1. The molecule has 0 aliphatic heterocycles. The van der Waals surface area contributed by atoms with Crippen molar-refractivity contribution in [3.8, 4) is 0 Å². The molecule has 0 aliphatic carbocycles. The third kappa shape index (κ3) is 1.50. The Labute approximate surface area is 80.3 Å². The van der Waals surface area contributed by atoms with E-state index in [-0.39, 0.29) is 0 Å². The van der Waals surface area contributed by atoms with E-state index in [0.717, 1.165) is 11.3 Å². The van der Waals surface area contributed by atoms with E-state index in [0.29, 0.717) is 0 Å². The topological polar surface area (TPSA) is 38.0 Å². The summed E-state index contributed by atoms with van der Waals surface area (Å²) in [7, 11) is 1.87. The molecule has 2 heterocycles. The molecule has 0 bridgehead atoms. The maximum Gasteiger partial charge on any atom is 0.121 e. The van der Waals surface area contributed by atoms with Crippen molar-refractivity contribution in [3.05, 3.63) is 40.6 Å². The summed E-state index contributed by atoms with van der Waals surface area (Å²) < 4.78 is 1.82. The molecule has 68 valence electrons. The number of hydrogen-bond acceptors (Lipinski definition) is 3. The summed E-state index contributed by atoms with van der Waals surface area (Å²) >= 11 is 1.58. The van der Waals surface area contributed by atoms with E-state index in [4.69, 9.17) is 0 Å². The van der Waals surface area contributed by atoms with E-state index in [9.17, 15) is 5.11 Å². The minimum absolute atomic E-state index is 0.557. The van der Waals surface area contributed by atoms with Crippen LogP contribution in [0.3, 0.4) is 0 Å². The fraction of sp³-hybridized carbons (Fsp3) is 0.222. The monoisotopic (exact) mass is 194 g/mol. The third-order valence-electron chi connectivity index (χ3n) is 1.99. The van der Waals surface area contributed by atoms with Crippen LogP contribution in [-0.2, 0) is 7.05 Å². The van der Waals surface area contributed by atoms with Gasteiger partial charge in [0, 0.05) is 7.05 Å². The minimum atomic E-state index is -0.557. The Hall–Kier alpha value is -1.13. The molecule has 0 radical (unpaired) electrons. The molecule has 0 saturated heterocycles. The number of nitrogens with zero attached hydrogens (tertiary/aromatic N) is 2. The molecule has 0 saturated carbocycles. The molecule has 13 heavy (non-hydrogen) atoms. The van der Waals surface area contributed by atoms with Gasteiger partial charge in [0.05, 0.1) is 18.2 Å². The van der Waals surface area contributed by atoms with Gasteiger partial charge in [0.25, 0.3) is 0 Å². The van der Waals surface area contributed by atoms with Crippen molar-refractivity contribution in [3.63, 3.8) is 0 Å². The van der Waals surface area contributed by atoms with Crippen LogP contribution in [0.25, 0.3) is 0 Å². The molecule has 4 heteroatoms. The maximum absolute atomic E-state index is 9.90. The smallest absolute Gasteiger partial charge is 0.121 e. The Balaban J connectivity index is 2.33. The summed E-state index contributed by atoms with van der Waals surface area (Å²) in [6.45, 7) is 0. The van der Waals surface area contributed by atoms with E-state index >= 15 is 0 Å². The molecule has 2 rings (SSSR count). The molecule has 0 aliphatic rings. The van der Waals surface area contributed by atoms with Gasteiger partial charge in [0.1, 0.15) is 6.10 Å². The number of aryl methyl sites for hydroxylation is 1. The Bertz CT molecular complexity index is 380. The number of imidazole rings is 1. The van der Waals surface area contributed by atoms with E-state index in [2.05, 4.69) is 4.98 Å². The van der Waals surface area contributed by atoms with Gasteiger partial charge in [-0.1, -0.05) is 0 Å². The second-order valence-electron chi connectivity index (χ2n) is 2.89. The van der Waals surface area contributed by atoms with Gasteiger partial charge in [-0.05, 0) is 22.4 Å². The summed E-state index contributed by atoms with van der Waals surface area (Å²) in [6, 6.07) is 1.92. The summed E-state index contributed by atoms with van der Waals surface area (Å²) in [4.78, 5) is 3.96. The number of aromatic nitrogens is 2. The van der Waals surface area contributed by atoms with Crippen molar-refractivity contribution in [2.75, 3.05) is 0 Å². The summed E-state index contributed by atoms with van der Waals surface area (Å²) in [6.07, 6.45) is 2.81. The van der Waals surface area contributed by atoms with Crippen LogP contribution in [0.1, 0.15) is 17.4 Å². The molecule has 3 nitrogen and oxygen atoms in total. The molecule has 2 aromatic rings. The van der Waals surface area contributed by atoms with Crippen LogP contribution in [0.15, 0.2) is 29.4 Å². The lowest BCUT2D eigenvalue weighted by Gasteiger charge is -2.08. The standard InChI is InChI=1S/C9H10N2OS/c1-11-6-10-4-8(11)9(12)7-2-3-13-5-7/h2-6,9,12H,1H3. The molecule has 1 unspecified atom stereocenters. The number of aliphatic hydroxyl groups is 1. The first-order valence-electron chi connectivity index (χ1n) is 3.95. The summed E-state index contributed by atoms with van der Waals surface area (Å²) in [5, 5.41) is 13.8. The lowest BCUT2D eigenvalue weighted by Crippen LogP contribution is -2.03. The normalized spacial score (nSPS) is 13.1. The Kier molecular flexibility index (Phi) is 2.16. The molecule has 1 atom stereocenters. The van der Waals surface area contributed by atoms with Crippen LogP contribution in [-0.4, -0.2) is 14.7 Å². The number of thiophene rings is 1. The second kappa shape index (κ2) is 3.32. The van der Waals surface area contributed by atoms with E-state index < -0.39 is 6.10 Å². The van der Waals surface area contributed by atoms with Crippen molar-refractivity contribution in [1.82, 2.24) is 9.55 Å². The van der Waals surface area contributed by atoms with Crippen LogP contribution < -0.4 is 0 Å². The summed E-state index contributed by atoms with van der Waals surface area (Å²) in [5.41, 5.74) is 1.74. The van der Waals surface area contributed by atoms with E-state index in [1.165, 1.54) is 0 Å². The van der Waals surface area contributed by atoms with Gasteiger partial charge in [-0.15, -0.1) is 0 Å². The van der Waals surface area contributed by atoms with Gasteiger partial charge in [0.15, 0.2) is 0 Å². The van der Waals surface area contributed by atoms with Crippen LogP contribution in [0.4, 0.5) is 0 Å².